The van der Waals surface area contributed by atoms with E-state index in [1.54, 1.807) is 0 Å². The Morgan fingerprint density at radius 1 is 1.38 bits per heavy atom. The molecule has 0 saturated carbocycles. The first kappa shape index (κ1) is 10.4. The van der Waals surface area contributed by atoms with Crippen LogP contribution in [-0.2, 0) is 0 Å². The Bertz CT molecular complexity index is 324. The number of hydrogen-bond acceptors (Lipinski definition) is 1. The summed E-state index contributed by atoms with van der Waals surface area (Å²) >= 11 is 4.23. The standard InChI is InChI=1S/C12H16S/c1-9-4-5-12(11(3)6-9)7-10(2)8-13/h4-7,13H,8H2,1-3H3/b10-7-. The predicted molar refractivity (Wildman–Crippen MR) is 63.4 cm³/mol. The molecule has 0 nitrogen and oxygen atoms in total. The summed E-state index contributed by atoms with van der Waals surface area (Å²) in [5.41, 5.74) is 5.26. The third-order valence-corrected chi connectivity index (χ3v) is 2.58. The van der Waals surface area contributed by atoms with Gasteiger partial charge in [0.1, 0.15) is 0 Å². The summed E-state index contributed by atoms with van der Waals surface area (Å²) in [5, 5.41) is 0. The lowest BCUT2D eigenvalue weighted by molar-refractivity contribution is 1.35. The van der Waals surface area contributed by atoms with Crippen LogP contribution in [0.1, 0.15) is 23.6 Å². The molecule has 0 bridgehead atoms. The third kappa shape index (κ3) is 2.92. The van der Waals surface area contributed by atoms with Crippen LogP contribution >= 0.6 is 12.6 Å². The van der Waals surface area contributed by atoms with Crippen LogP contribution in [0.15, 0.2) is 23.8 Å². The molecule has 0 radical (unpaired) electrons. The van der Waals surface area contributed by atoms with E-state index in [1.807, 2.05) is 0 Å². The molecule has 1 heteroatoms. The Kier molecular flexibility index (Phi) is 3.61. The molecule has 0 N–H and O–H groups in total. The van der Waals surface area contributed by atoms with Crippen LogP contribution in [0.25, 0.3) is 6.08 Å². The van der Waals surface area contributed by atoms with E-state index >= 15 is 0 Å². The minimum absolute atomic E-state index is 0.827. The third-order valence-electron chi connectivity index (χ3n) is 2.08. The van der Waals surface area contributed by atoms with Gasteiger partial charge in [0.2, 0.25) is 0 Å². The lowest BCUT2D eigenvalue weighted by Gasteiger charge is -2.03. The van der Waals surface area contributed by atoms with Crippen molar-refractivity contribution in [2.75, 3.05) is 5.75 Å². The van der Waals surface area contributed by atoms with E-state index in [2.05, 4.69) is 57.7 Å². The Morgan fingerprint density at radius 2 is 2.08 bits per heavy atom. The summed E-state index contributed by atoms with van der Waals surface area (Å²) in [5.74, 6) is 0.827. The maximum absolute atomic E-state index is 4.23. The van der Waals surface area contributed by atoms with Gasteiger partial charge in [-0.3, -0.25) is 0 Å². The van der Waals surface area contributed by atoms with Gasteiger partial charge in [-0.2, -0.15) is 12.6 Å². The first-order valence-electron chi connectivity index (χ1n) is 4.49. The number of thiol groups is 1. The van der Waals surface area contributed by atoms with Gasteiger partial charge in [-0.05, 0) is 31.9 Å². The number of hydrogen-bond donors (Lipinski definition) is 1. The van der Waals surface area contributed by atoms with E-state index in [-0.39, 0.29) is 0 Å². The normalized spacial score (nSPS) is 11.8. The van der Waals surface area contributed by atoms with Gasteiger partial charge >= 0.3 is 0 Å². The number of benzene rings is 1. The molecule has 0 amide bonds. The van der Waals surface area contributed by atoms with E-state index < -0.39 is 0 Å². The molecular formula is C12H16S. The molecule has 70 valence electrons. The lowest BCUT2D eigenvalue weighted by atomic mass is 10.0. The number of aryl methyl sites for hydroxylation is 2. The smallest absolute Gasteiger partial charge is 0.0113 e. The molecule has 1 aromatic carbocycles. The van der Waals surface area contributed by atoms with Crippen molar-refractivity contribution >= 4 is 18.7 Å². The first-order chi connectivity index (χ1) is 6.13. The topological polar surface area (TPSA) is 0 Å². The Morgan fingerprint density at radius 3 is 2.62 bits per heavy atom. The van der Waals surface area contributed by atoms with Gasteiger partial charge in [0.05, 0.1) is 0 Å². The average Bonchev–Trinajstić information content (AvgIpc) is 2.09. The Hall–Kier alpha value is -0.690. The van der Waals surface area contributed by atoms with Crippen molar-refractivity contribution in [3.8, 4) is 0 Å². The maximum Gasteiger partial charge on any atom is 0.0113 e. The van der Waals surface area contributed by atoms with Gasteiger partial charge < -0.3 is 0 Å². The van der Waals surface area contributed by atoms with Crippen molar-refractivity contribution in [1.82, 2.24) is 0 Å². The second-order valence-corrected chi connectivity index (χ2v) is 3.83. The molecule has 0 atom stereocenters. The summed E-state index contributed by atoms with van der Waals surface area (Å²) in [7, 11) is 0. The molecule has 0 unspecified atom stereocenters. The van der Waals surface area contributed by atoms with Gasteiger partial charge in [0.15, 0.2) is 0 Å². The molecule has 0 fully saturated rings. The molecule has 0 heterocycles. The monoisotopic (exact) mass is 192 g/mol. The average molecular weight is 192 g/mol. The molecule has 0 aliphatic heterocycles. The molecule has 1 rings (SSSR count). The summed E-state index contributed by atoms with van der Waals surface area (Å²) in [4.78, 5) is 0. The van der Waals surface area contributed by atoms with Gasteiger partial charge in [0, 0.05) is 5.75 Å². The van der Waals surface area contributed by atoms with Gasteiger partial charge in [-0.15, -0.1) is 0 Å². The van der Waals surface area contributed by atoms with Crippen LogP contribution in [0.4, 0.5) is 0 Å². The van der Waals surface area contributed by atoms with Crippen LogP contribution < -0.4 is 0 Å². The van der Waals surface area contributed by atoms with Crippen LogP contribution in [0.5, 0.6) is 0 Å². The van der Waals surface area contributed by atoms with E-state index in [1.165, 1.54) is 22.3 Å². The Balaban J connectivity index is 3.03. The fourth-order valence-electron chi connectivity index (χ4n) is 1.30. The van der Waals surface area contributed by atoms with Gasteiger partial charge in [-0.1, -0.05) is 35.4 Å². The second-order valence-electron chi connectivity index (χ2n) is 3.51. The van der Waals surface area contributed by atoms with Crippen molar-refractivity contribution in [2.24, 2.45) is 0 Å². The lowest BCUT2D eigenvalue weighted by Crippen LogP contribution is -1.84. The van der Waals surface area contributed by atoms with Crippen molar-refractivity contribution in [3.63, 3.8) is 0 Å². The predicted octanol–water partition coefficient (Wildman–Crippen LogP) is 3.64. The highest BCUT2D eigenvalue weighted by molar-refractivity contribution is 7.80. The van der Waals surface area contributed by atoms with E-state index in [4.69, 9.17) is 0 Å². The van der Waals surface area contributed by atoms with Crippen LogP contribution in [0.3, 0.4) is 0 Å². The molecule has 1 aromatic rings. The zero-order valence-corrected chi connectivity index (χ0v) is 9.36. The Labute approximate surface area is 86.1 Å². The molecule has 0 aromatic heterocycles. The summed E-state index contributed by atoms with van der Waals surface area (Å²) < 4.78 is 0. The summed E-state index contributed by atoms with van der Waals surface area (Å²) in [6.45, 7) is 6.36. The molecule has 0 aliphatic rings. The maximum atomic E-state index is 4.23. The van der Waals surface area contributed by atoms with Gasteiger partial charge in [-0.25, -0.2) is 0 Å². The zero-order chi connectivity index (χ0) is 9.84. The quantitative estimate of drug-likeness (QED) is 0.680. The van der Waals surface area contributed by atoms with E-state index in [0.29, 0.717) is 0 Å². The minimum atomic E-state index is 0.827. The SMILES string of the molecule is C/C(=C/c1ccc(C)cc1C)CS. The number of rotatable bonds is 2. The van der Waals surface area contributed by atoms with E-state index in [9.17, 15) is 0 Å². The largest absolute Gasteiger partial charge is 0.175 e. The first-order valence-corrected chi connectivity index (χ1v) is 5.12. The summed E-state index contributed by atoms with van der Waals surface area (Å²) in [6.07, 6.45) is 2.20. The highest BCUT2D eigenvalue weighted by Crippen LogP contribution is 2.14. The molecule has 0 spiro atoms. The molecule has 0 saturated heterocycles. The van der Waals surface area contributed by atoms with Crippen molar-refractivity contribution in [3.05, 3.63) is 40.5 Å². The highest BCUT2D eigenvalue weighted by atomic mass is 32.1. The van der Waals surface area contributed by atoms with Crippen LogP contribution in [0, 0.1) is 13.8 Å². The molecule has 0 aliphatic carbocycles. The van der Waals surface area contributed by atoms with Crippen molar-refractivity contribution in [2.45, 2.75) is 20.8 Å². The zero-order valence-electron chi connectivity index (χ0n) is 8.46. The van der Waals surface area contributed by atoms with Crippen molar-refractivity contribution < 1.29 is 0 Å². The van der Waals surface area contributed by atoms with Crippen LogP contribution in [0.2, 0.25) is 0 Å². The van der Waals surface area contributed by atoms with E-state index in [0.717, 1.165) is 5.75 Å². The molecular weight excluding hydrogens is 176 g/mol. The second kappa shape index (κ2) is 4.52. The van der Waals surface area contributed by atoms with Crippen molar-refractivity contribution in [1.29, 1.82) is 0 Å². The molecule has 13 heavy (non-hydrogen) atoms. The van der Waals surface area contributed by atoms with Gasteiger partial charge in [0.25, 0.3) is 0 Å². The fraction of sp³-hybridized carbons (Fsp3) is 0.333. The minimum Gasteiger partial charge on any atom is -0.175 e. The highest BCUT2D eigenvalue weighted by Gasteiger charge is 1.95. The van der Waals surface area contributed by atoms with Crippen LogP contribution in [-0.4, -0.2) is 5.75 Å². The summed E-state index contributed by atoms with van der Waals surface area (Å²) in [6, 6.07) is 6.51. The fourth-order valence-corrected chi connectivity index (χ4v) is 1.39.